The molecule has 0 spiro atoms. The average molecular weight is 372 g/mol. The lowest BCUT2D eigenvalue weighted by Gasteiger charge is -2.08. The van der Waals surface area contributed by atoms with Gasteiger partial charge >= 0.3 is 0 Å². The summed E-state index contributed by atoms with van der Waals surface area (Å²) in [6.45, 7) is 8.91. The molecule has 0 aliphatic heterocycles. The first-order valence-corrected chi connectivity index (χ1v) is 7.99. The van der Waals surface area contributed by atoms with Gasteiger partial charge in [-0.2, -0.15) is 5.10 Å². The van der Waals surface area contributed by atoms with Gasteiger partial charge in [-0.1, -0.05) is 49.4 Å². The predicted molar refractivity (Wildman–Crippen MR) is 88.1 cm³/mol. The molecule has 3 nitrogen and oxygen atoms in total. The maximum absolute atomic E-state index is 5.61. The highest BCUT2D eigenvalue weighted by molar-refractivity contribution is 14.1. The zero-order valence-corrected chi connectivity index (χ0v) is 13.9. The fourth-order valence-corrected chi connectivity index (χ4v) is 2.29. The third-order valence-electron chi connectivity index (χ3n) is 3.13. The summed E-state index contributed by atoms with van der Waals surface area (Å²) in [4.78, 5) is 0. The van der Waals surface area contributed by atoms with Gasteiger partial charge in [0.25, 0.3) is 0 Å². The Hall–Kier alpha value is -0.620. The highest BCUT2D eigenvalue weighted by atomic mass is 127. The highest BCUT2D eigenvalue weighted by Gasteiger charge is 2.06. The van der Waals surface area contributed by atoms with Gasteiger partial charge in [-0.3, -0.25) is 4.68 Å². The first kappa shape index (κ1) is 14.8. The molecular formula is C15H21IN2O. The molecule has 1 unspecified atom stereocenters. The highest BCUT2D eigenvalue weighted by Crippen LogP contribution is 2.21. The number of aromatic nitrogens is 2. The van der Waals surface area contributed by atoms with Crippen LogP contribution in [0.1, 0.15) is 32.3 Å². The second-order valence-corrected chi connectivity index (χ2v) is 7.32. The minimum Gasteiger partial charge on any atom is -0.378 e. The summed E-state index contributed by atoms with van der Waals surface area (Å²) in [5, 5.41) is 5.66. The average Bonchev–Trinajstić information content (AvgIpc) is 2.76. The summed E-state index contributed by atoms with van der Waals surface area (Å²) in [6, 6.07) is 6.59. The van der Waals surface area contributed by atoms with E-state index in [-0.39, 0.29) is 0 Å². The lowest BCUT2D eigenvalue weighted by atomic mass is 10.0. The van der Waals surface area contributed by atoms with Crippen molar-refractivity contribution < 1.29 is 4.74 Å². The molecule has 19 heavy (non-hydrogen) atoms. The molecule has 104 valence electrons. The Labute approximate surface area is 128 Å². The van der Waals surface area contributed by atoms with Gasteiger partial charge in [-0.15, -0.1) is 0 Å². The fourth-order valence-electron chi connectivity index (χ4n) is 2.04. The zero-order valence-electron chi connectivity index (χ0n) is 11.8. The normalized spacial score (nSPS) is 13.3. The lowest BCUT2D eigenvalue weighted by Crippen LogP contribution is -2.11. The molecule has 0 bridgehead atoms. The van der Waals surface area contributed by atoms with Crippen LogP contribution in [0.5, 0.6) is 0 Å². The molecule has 2 aromatic rings. The molecule has 0 saturated heterocycles. The van der Waals surface area contributed by atoms with Crippen LogP contribution in [0.2, 0.25) is 0 Å². The van der Waals surface area contributed by atoms with Crippen LogP contribution in [-0.4, -0.2) is 26.9 Å². The van der Waals surface area contributed by atoms with E-state index in [2.05, 4.69) is 66.7 Å². The molecule has 0 N–H and O–H groups in total. The smallest absolute Gasteiger partial charge is 0.0683 e. The van der Waals surface area contributed by atoms with Crippen molar-refractivity contribution >= 4 is 33.5 Å². The zero-order chi connectivity index (χ0) is 13.8. The van der Waals surface area contributed by atoms with E-state index in [9.17, 15) is 0 Å². The van der Waals surface area contributed by atoms with Crippen LogP contribution in [-0.2, 0) is 11.3 Å². The third-order valence-corrected chi connectivity index (χ3v) is 3.49. The molecule has 1 aromatic heterocycles. The van der Waals surface area contributed by atoms with Crippen molar-refractivity contribution in [1.82, 2.24) is 9.78 Å². The maximum Gasteiger partial charge on any atom is 0.0683 e. The van der Waals surface area contributed by atoms with Crippen LogP contribution in [0, 0.1) is 0 Å². The van der Waals surface area contributed by atoms with E-state index in [0.29, 0.717) is 9.84 Å². The molecule has 0 fully saturated rings. The van der Waals surface area contributed by atoms with E-state index in [0.717, 1.165) is 19.8 Å². The summed E-state index contributed by atoms with van der Waals surface area (Å²) < 4.78 is 8.19. The number of rotatable bonds is 6. The van der Waals surface area contributed by atoms with Gasteiger partial charge in [0, 0.05) is 9.31 Å². The number of hydrogen-bond acceptors (Lipinski definition) is 2. The van der Waals surface area contributed by atoms with E-state index in [4.69, 9.17) is 4.74 Å². The van der Waals surface area contributed by atoms with E-state index in [1.807, 2.05) is 10.9 Å². The number of alkyl halides is 1. The van der Waals surface area contributed by atoms with Crippen molar-refractivity contribution in [1.29, 1.82) is 0 Å². The number of halogens is 1. The van der Waals surface area contributed by atoms with Gasteiger partial charge in [0.15, 0.2) is 0 Å². The van der Waals surface area contributed by atoms with Gasteiger partial charge < -0.3 is 4.74 Å². The van der Waals surface area contributed by atoms with Crippen molar-refractivity contribution in [2.24, 2.45) is 0 Å². The Morgan fingerprint density at radius 2 is 2.11 bits per heavy atom. The van der Waals surface area contributed by atoms with Crippen LogP contribution >= 0.6 is 22.6 Å². The molecule has 0 saturated carbocycles. The van der Waals surface area contributed by atoms with E-state index < -0.39 is 0 Å². The summed E-state index contributed by atoms with van der Waals surface area (Å²) >= 11 is 2.37. The van der Waals surface area contributed by atoms with Crippen molar-refractivity contribution in [2.45, 2.75) is 37.2 Å². The fraction of sp³-hybridized carbons (Fsp3) is 0.533. The molecule has 1 aromatic carbocycles. The van der Waals surface area contributed by atoms with Gasteiger partial charge in [-0.05, 0) is 23.6 Å². The summed E-state index contributed by atoms with van der Waals surface area (Å²) in [5.74, 6) is 0.557. The Morgan fingerprint density at radius 1 is 1.32 bits per heavy atom. The monoisotopic (exact) mass is 372 g/mol. The first-order valence-electron chi connectivity index (χ1n) is 6.75. The number of benzene rings is 1. The largest absolute Gasteiger partial charge is 0.378 e. The molecular weight excluding hydrogens is 351 g/mol. The topological polar surface area (TPSA) is 27.1 Å². The summed E-state index contributed by atoms with van der Waals surface area (Å²) in [5.41, 5.74) is 2.55. The second-order valence-electron chi connectivity index (χ2n) is 5.20. The molecule has 1 heterocycles. The second kappa shape index (κ2) is 6.70. The Bertz CT molecular complexity index is 534. The first-order chi connectivity index (χ1) is 9.08. The molecule has 4 heteroatoms. The van der Waals surface area contributed by atoms with E-state index in [1.165, 1.54) is 16.5 Å². The standard InChI is InChI=1S/C15H21IN2O/c1-11(2)13-4-5-15-14(8-13)9-17-18(15)6-7-19-10-12(3)16/h4-5,8-9,11-12H,6-7,10H2,1-3H3. The summed E-state index contributed by atoms with van der Waals surface area (Å²) in [7, 11) is 0. The van der Waals surface area contributed by atoms with E-state index in [1.54, 1.807) is 0 Å². The van der Waals surface area contributed by atoms with Crippen LogP contribution in [0.25, 0.3) is 10.9 Å². The lowest BCUT2D eigenvalue weighted by molar-refractivity contribution is 0.130. The summed E-state index contributed by atoms with van der Waals surface area (Å²) in [6.07, 6.45) is 1.95. The van der Waals surface area contributed by atoms with Crippen LogP contribution in [0.3, 0.4) is 0 Å². The van der Waals surface area contributed by atoms with Crippen molar-refractivity contribution in [2.75, 3.05) is 13.2 Å². The minimum atomic E-state index is 0.556. The molecule has 1 atom stereocenters. The third kappa shape index (κ3) is 3.92. The van der Waals surface area contributed by atoms with Crippen molar-refractivity contribution in [3.63, 3.8) is 0 Å². The van der Waals surface area contributed by atoms with Gasteiger partial charge in [-0.25, -0.2) is 0 Å². The number of hydrogen-bond donors (Lipinski definition) is 0. The predicted octanol–water partition coefficient (Wildman–Crippen LogP) is 4.00. The van der Waals surface area contributed by atoms with Crippen LogP contribution in [0.4, 0.5) is 0 Å². The van der Waals surface area contributed by atoms with Crippen molar-refractivity contribution in [3.8, 4) is 0 Å². The van der Waals surface area contributed by atoms with Crippen molar-refractivity contribution in [3.05, 3.63) is 30.0 Å². The van der Waals surface area contributed by atoms with Gasteiger partial charge in [0.1, 0.15) is 0 Å². The van der Waals surface area contributed by atoms with Crippen LogP contribution < -0.4 is 0 Å². The van der Waals surface area contributed by atoms with Gasteiger partial charge in [0.2, 0.25) is 0 Å². The molecule has 0 aliphatic rings. The molecule has 0 aliphatic carbocycles. The van der Waals surface area contributed by atoms with E-state index >= 15 is 0 Å². The van der Waals surface area contributed by atoms with Gasteiger partial charge in [0.05, 0.1) is 31.5 Å². The molecule has 0 radical (unpaired) electrons. The Kier molecular flexibility index (Phi) is 5.21. The SMILES string of the molecule is CC(I)COCCn1ncc2cc(C(C)C)ccc21. The Balaban J connectivity index is 2.04. The quantitative estimate of drug-likeness (QED) is 0.436. The number of nitrogens with zero attached hydrogens (tertiary/aromatic N) is 2. The Morgan fingerprint density at radius 3 is 2.79 bits per heavy atom. The minimum absolute atomic E-state index is 0.556. The van der Waals surface area contributed by atoms with Crippen LogP contribution in [0.15, 0.2) is 24.4 Å². The number of fused-ring (bicyclic) bond motifs is 1. The number of ether oxygens (including phenoxy) is 1. The maximum atomic E-state index is 5.61. The molecule has 2 rings (SSSR count). The molecule has 0 amide bonds.